The zero-order chi connectivity index (χ0) is 15.3. The van der Waals surface area contributed by atoms with Crippen molar-refractivity contribution in [1.29, 1.82) is 0 Å². The van der Waals surface area contributed by atoms with Gasteiger partial charge in [-0.25, -0.2) is 4.79 Å². The first-order valence-corrected chi connectivity index (χ1v) is 6.37. The Hall–Kier alpha value is -2.04. The first-order valence-electron chi connectivity index (χ1n) is 6.37. The van der Waals surface area contributed by atoms with E-state index in [0.29, 0.717) is 17.6 Å². The third-order valence-corrected chi connectivity index (χ3v) is 2.61. The summed E-state index contributed by atoms with van der Waals surface area (Å²) in [6.07, 6.45) is 3.44. The van der Waals surface area contributed by atoms with Gasteiger partial charge in [0.2, 0.25) is 0 Å². The van der Waals surface area contributed by atoms with Crippen molar-refractivity contribution in [2.75, 3.05) is 7.05 Å². The smallest absolute Gasteiger partial charge is 0.410 e. The lowest BCUT2D eigenvalue weighted by Gasteiger charge is -2.28. The van der Waals surface area contributed by atoms with Gasteiger partial charge in [0.1, 0.15) is 23.7 Å². The van der Waals surface area contributed by atoms with Crippen LogP contribution < -0.4 is 0 Å². The Labute approximate surface area is 119 Å². The summed E-state index contributed by atoms with van der Waals surface area (Å²) >= 11 is 0. The van der Waals surface area contributed by atoms with E-state index in [1.165, 1.54) is 11.9 Å². The van der Waals surface area contributed by atoms with Gasteiger partial charge in [-0.3, -0.25) is 4.90 Å². The fourth-order valence-corrected chi connectivity index (χ4v) is 1.63. The minimum atomic E-state index is -0.685. The lowest BCUT2D eigenvalue weighted by atomic mass is 10.1. The Morgan fingerprint density at radius 3 is 2.55 bits per heavy atom. The molecule has 1 amide bonds. The van der Waals surface area contributed by atoms with Gasteiger partial charge in [0, 0.05) is 7.05 Å². The van der Waals surface area contributed by atoms with E-state index >= 15 is 0 Å². The van der Waals surface area contributed by atoms with Gasteiger partial charge >= 0.3 is 6.09 Å². The molecule has 0 bridgehead atoms. The van der Waals surface area contributed by atoms with Crippen molar-refractivity contribution < 1.29 is 18.7 Å². The topological polar surface area (TPSA) is 59.8 Å². The van der Waals surface area contributed by atoms with Crippen molar-refractivity contribution >= 4 is 18.5 Å². The first kappa shape index (κ1) is 16.0. The number of carbonyl (C=O) groups is 2. The Morgan fingerprint density at radius 1 is 1.45 bits per heavy atom. The monoisotopic (exact) mass is 279 g/mol. The van der Waals surface area contributed by atoms with Crippen LogP contribution in [0.4, 0.5) is 4.79 Å². The van der Waals surface area contributed by atoms with Crippen LogP contribution in [0.3, 0.4) is 0 Å². The molecule has 0 radical (unpaired) electrons. The van der Waals surface area contributed by atoms with Gasteiger partial charge in [0.05, 0.1) is 6.26 Å². The van der Waals surface area contributed by atoms with E-state index in [1.807, 2.05) is 0 Å². The van der Waals surface area contributed by atoms with Gasteiger partial charge < -0.3 is 13.9 Å². The quantitative estimate of drug-likeness (QED) is 0.794. The summed E-state index contributed by atoms with van der Waals surface area (Å²) < 4.78 is 10.4. The van der Waals surface area contributed by atoms with Gasteiger partial charge in [-0.05, 0) is 51.5 Å². The van der Waals surface area contributed by atoms with Crippen molar-refractivity contribution in [3.05, 3.63) is 29.7 Å². The second-order valence-electron chi connectivity index (χ2n) is 5.58. The summed E-state index contributed by atoms with van der Waals surface area (Å²) in [5.41, 5.74) is 0.0977. The van der Waals surface area contributed by atoms with E-state index in [4.69, 9.17) is 9.15 Å². The van der Waals surface area contributed by atoms with Crippen LogP contribution in [-0.2, 0) is 9.53 Å². The van der Waals surface area contributed by atoms with Gasteiger partial charge in [-0.1, -0.05) is 0 Å². The van der Waals surface area contributed by atoms with E-state index in [9.17, 15) is 9.59 Å². The maximum atomic E-state index is 12.0. The van der Waals surface area contributed by atoms with E-state index in [0.717, 1.165) is 0 Å². The molecule has 0 spiro atoms. The molecular weight excluding hydrogens is 258 g/mol. The summed E-state index contributed by atoms with van der Waals surface area (Å²) in [5, 5.41) is 0. The van der Waals surface area contributed by atoms with Gasteiger partial charge in [-0.2, -0.15) is 0 Å². The Bertz CT molecular complexity index is 482. The highest BCUT2D eigenvalue weighted by Crippen LogP contribution is 2.16. The van der Waals surface area contributed by atoms with Crippen LogP contribution in [-0.4, -0.2) is 36.0 Å². The third kappa shape index (κ3) is 4.57. The number of ether oxygens (including phenoxy) is 1. The minimum absolute atomic E-state index is 0.540. The van der Waals surface area contributed by atoms with Gasteiger partial charge in [0.25, 0.3) is 0 Å². The van der Waals surface area contributed by atoms with Crippen molar-refractivity contribution in [3.63, 3.8) is 0 Å². The fourth-order valence-electron chi connectivity index (χ4n) is 1.63. The van der Waals surface area contributed by atoms with E-state index in [-0.39, 0.29) is 0 Å². The zero-order valence-electron chi connectivity index (χ0n) is 12.5. The molecule has 1 rings (SSSR count). The van der Waals surface area contributed by atoms with Crippen LogP contribution in [0, 0.1) is 0 Å². The lowest BCUT2D eigenvalue weighted by molar-refractivity contribution is -0.111. The number of hydrogen-bond acceptors (Lipinski definition) is 4. The van der Waals surface area contributed by atoms with E-state index in [2.05, 4.69) is 0 Å². The summed E-state index contributed by atoms with van der Waals surface area (Å²) in [5.74, 6) is 0.631. The fraction of sp³-hybridized carbons (Fsp3) is 0.467. The van der Waals surface area contributed by atoms with Crippen molar-refractivity contribution in [2.45, 2.75) is 39.3 Å². The number of amides is 1. The summed E-state index contributed by atoms with van der Waals surface area (Å²) in [6, 6.07) is 2.85. The number of likely N-dealkylation sites (N-methyl/N-ethyl adjacent to an activating group) is 1. The number of rotatable bonds is 4. The largest absolute Gasteiger partial charge is 0.465 e. The second kappa shape index (κ2) is 6.41. The molecule has 0 aliphatic heterocycles. The summed E-state index contributed by atoms with van der Waals surface area (Å²) in [4.78, 5) is 24.5. The lowest BCUT2D eigenvalue weighted by Crippen LogP contribution is -2.42. The Morgan fingerprint density at radius 2 is 2.10 bits per heavy atom. The van der Waals surface area contributed by atoms with Crippen molar-refractivity contribution in [3.8, 4) is 0 Å². The second-order valence-corrected chi connectivity index (χ2v) is 5.58. The molecule has 0 aliphatic carbocycles. The van der Waals surface area contributed by atoms with E-state index < -0.39 is 17.7 Å². The van der Waals surface area contributed by atoms with Crippen LogP contribution in [0.2, 0.25) is 0 Å². The Kier molecular flexibility index (Phi) is 5.13. The molecular formula is C15H21NO4. The minimum Gasteiger partial charge on any atom is -0.465 e. The standard InChI is InChI=1S/C15H21NO4/c1-11(9-12-7-6-8-19-12)13(10-17)16(5)14(18)20-15(2,3)4/h6-10,13H,1-5H3/b11-9+. The highest BCUT2D eigenvalue weighted by atomic mass is 16.6. The number of aldehydes is 1. The summed E-state index contributed by atoms with van der Waals surface area (Å²) in [6.45, 7) is 7.10. The molecule has 1 aromatic heterocycles. The third-order valence-electron chi connectivity index (χ3n) is 2.61. The van der Waals surface area contributed by atoms with Gasteiger partial charge in [-0.15, -0.1) is 0 Å². The molecule has 1 aromatic rings. The van der Waals surface area contributed by atoms with Crippen LogP contribution in [0.5, 0.6) is 0 Å². The maximum Gasteiger partial charge on any atom is 0.410 e. The molecule has 0 aromatic carbocycles. The predicted molar refractivity (Wildman–Crippen MR) is 76.2 cm³/mol. The molecule has 5 nitrogen and oxygen atoms in total. The predicted octanol–water partition coefficient (Wildman–Crippen LogP) is 3.12. The molecule has 1 heterocycles. The maximum absolute atomic E-state index is 12.0. The number of nitrogens with zero attached hydrogens (tertiary/aromatic N) is 1. The van der Waals surface area contributed by atoms with E-state index in [1.54, 1.807) is 52.2 Å². The van der Waals surface area contributed by atoms with Crippen LogP contribution in [0.1, 0.15) is 33.5 Å². The summed E-state index contributed by atoms with van der Waals surface area (Å²) in [7, 11) is 1.53. The molecule has 0 saturated carbocycles. The average molecular weight is 279 g/mol. The molecule has 1 atom stereocenters. The molecule has 0 saturated heterocycles. The number of hydrogen-bond donors (Lipinski definition) is 0. The van der Waals surface area contributed by atoms with Crippen LogP contribution >= 0.6 is 0 Å². The molecule has 1 unspecified atom stereocenters. The number of furan rings is 1. The normalized spacial score (nSPS) is 13.8. The average Bonchev–Trinajstić information content (AvgIpc) is 2.80. The SMILES string of the molecule is C/C(=C\c1ccco1)C(C=O)N(C)C(=O)OC(C)(C)C. The molecule has 110 valence electrons. The Balaban J connectivity index is 2.84. The van der Waals surface area contributed by atoms with Crippen LogP contribution in [0.25, 0.3) is 6.08 Å². The molecule has 0 aliphatic rings. The van der Waals surface area contributed by atoms with Gasteiger partial charge in [0.15, 0.2) is 0 Å². The highest BCUT2D eigenvalue weighted by Gasteiger charge is 2.26. The molecule has 0 N–H and O–H groups in total. The zero-order valence-corrected chi connectivity index (χ0v) is 12.5. The van der Waals surface area contributed by atoms with Crippen molar-refractivity contribution in [2.24, 2.45) is 0 Å². The van der Waals surface area contributed by atoms with Crippen molar-refractivity contribution in [1.82, 2.24) is 4.90 Å². The molecule has 20 heavy (non-hydrogen) atoms. The number of carbonyl (C=O) groups excluding carboxylic acids is 2. The first-order chi connectivity index (χ1) is 9.24. The molecule has 5 heteroatoms. The molecule has 0 fully saturated rings. The highest BCUT2D eigenvalue weighted by molar-refractivity contribution is 5.77. The van der Waals surface area contributed by atoms with Crippen LogP contribution in [0.15, 0.2) is 28.4 Å².